The van der Waals surface area contributed by atoms with Gasteiger partial charge in [0.15, 0.2) is 0 Å². The molecule has 0 radical (unpaired) electrons. The summed E-state index contributed by atoms with van der Waals surface area (Å²) in [6, 6.07) is 18.3. The number of unbranched alkanes of at least 4 members (excludes halogenated alkanes) is 2. The van der Waals surface area contributed by atoms with Crippen LogP contribution in [0, 0.1) is 0 Å². The summed E-state index contributed by atoms with van der Waals surface area (Å²) in [7, 11) is 0. The SMILES string of the molecule is Clc1ccccc1C/C=C/CCCCOCc1ccccc1. The molecule has 0 spiro atoms. The Morgan fingerprint density at radius 3 is 2.45 bits per heavy atom. The third-order valence-corrected chi connectivity index (χ3v) is 3.85. The molecule has 2 heteroatoms. The van der Waals surface area contributed by atoms with Gasteiger partial charge in [-0.1, -0.05) is 72.3 Å². The molecule has 2 rings (SSSR count). The molecule has 0 aliphatic carbocycles. The predicted molar refractivity (Wildman–Crippen MR) is 94.2 cm³/mol. The van der Waals surface area contributed by atoms with E-state index >= 15 is 0 Å². The van der Waals surface area contributed by atoms with E-state index < -0.39 is 0 Å². The first-order valence-electron chi connectivity index (χ1n) is 7.86. The van der Waals surface area contributed by atoms with Crippen molar-refractivity contribution in [1.29, 1.82) is 0 Å². The second-order valence-corrected chi connectivity index (χ2v) is 5.71. The first kappa shape index (κ1) is 16.8. The maximum Gasteiger partial charge on any atom is 0.0716 e. The van der Waals surface area contributed by atoms with Crippen LogP contribution in [-0.4, -0.2) is 6.61 Å². The quantitative estimate of drug-likeness (QED) is 0.418. The van der Waals surface area contributed by atoms with Crippen molar-refractivity contribution in [2.75, 3.05) is 6.61 Å². The molecule has 0 amide bonds. The summed E-state index contributed by atoms with van der Waals surface area (Å²) in [5, 5.41) is 0.849. The molecule has 0 saturated heterocycles. The highest BCUT2D eigenvalue weighted by Crippen LogP contribution is 2.15. The molecular formula is C20H23ClO. The number of ether oxygens (including phenoxy) is 1. The van der Waals surface area contributed by atoms with E-state index in [4.69, 9.17) is 16.3 Å². The topological polar surface area (TPSA) is 9.23 Å². The Kier molecular flexibility index (Phi) is 7.79. The van der Waals surface area contributed by atoms with E-state index in [1.807, 2.05) is 36.4 Å². The Labute approximate surface area is 138 Å². The molecule has 0 aliphatic rings. The monoisotopic (exact) mass is 314 g/mol. The lowest BCUT2D eigenvalue weighted by molar-refractivity contribution is 0.117. The van der Waals surface area contributed by atoms with Crippen LogP contribution >= 0.6 is 11.6 Å². The summed E-state index contributed by atoms with van der Waals surface area (Å²) in [4.78, 5) is 0. The molecule has 0 fully saturated rings. The van der Waals surface area contributed by atoms with E-state index in [1.165, 1.54) is 11.1 Å². The smallest absolute Gasteiger partial charge is 0.0716 e. The van der Waals surface area contributed by atoms with E-state index in [2.05, 4.69) is 30.4 Å². The fourth-order valence-corrected chi connectivity index (χ4v) is 2.44. The molecule has 0 atom stereocenters. The molecule has 0 aromatic heterocycles. The molecule has 2 aromatic carbocycles. The maximum atomic E-state index is 6.12. The fourth-order valence-electron chi connectivity index (χ4n) is 2.22. The second kappa shape index (κ2) is 10.2. The van der Waals surface area contributed by atoms with Gasteiger partial charge in [-0.2, -0.15) is 0 Å². The minimum absolute atomic E-state index is 0.711. The highest BCUT2D eigenvalue weighted by atomic mass is 35.5. The van der Waals surface area contributed by atoms with Crippen LogP contribution in [0.15, 0.2) is 66.7 Å². The molecule has 0 N–H and O–H groups in total. The Morgan fingerprint density at radius 1 is 0.864 bits per heavy atom. The molecule has 0 bridgehead atoms. The van der Waals surface area contributed by atoms with E-state index in [-0.39, 0.29) is 0 Å². The lowest BCUT2D eigenvalue weighted by Crippen LogP contribution is -1.95. The molecule has 116 valence electrons. The number of halogens is 1. The van der Waals surface area contributed by atoms with Crippen molar-refractivity contribution in [2.45, 2.75) is 32.3 Å². The van der Waals surface area contributed by atoms with Crippen molar-refractivity contribution in [2.24, 2.45) is 0 Å². The largest absolute Gasteiger partial charge is 0.377 e. The van der Waals surface area contributed by atoms with Gasteiger partial charge in [-0.15, -0.1) is 0 Å². The van der Waals surface area contributed by atoms with Crippen molar-refractivity contribution >= 4 is 11.6 Å². The van der Waals surface area contributed by atoms with Gasteiger partial charge in [0.2, 0.25) is 0 Å². The summed E-state index contributed by atoms with van der Waals surface area (Å²) >= 11 is 6.12. The van der Waals surface area contributed by atoms with Crippen molar-refractivity contribution in [3.05, 3.63) is 82.9 Å². The third-order valence-electron chi connectivity index (χ3n) is 3.48. The number of benzene rings is 2. The Bertz CT molecular complexity index is 563. The minimum Gasteiger partial charge on any atom is -0.377 e. The van der Waals surface area contributed by atoms with Gasteiger partial charge in [0.25, 0.3) is 0 Å². The lowest BCUT2D eigenvalue weighted by atomic mass is 10.1. The van der Waals surface area contributed by atoms with Crippen molar-refractivity contribution in [3.63, 3.8) is 0 Å². The predicted octanol–water partition coefficient (Wildman–Crippen LogP) is 5.83. The number of allylic oxidation sites excluding steroid dienone is 2. The van der Waals surface area contributed by atoms with Gasteiger partial charge in [0.1, 0.15) is 0 Å². The van der Waals surface area contributed by atoms with Crippen LogP contribution in [0.3, 0.4) is 0 Å². The average molecular weight is 315 g/mol. The maximum absolute atomic E-state index is 6.12. The zero-order chi connectivity index (χ0) is 15.5. The molecule has 2 aromatic rings. The number of hydrogen-bond donors (Lipinski definition) is 0. The Morgan fingerprint density at radius 2 is 1.64 bits per heavy atom. The Balaban J connectivity index is 1.51. The fraction of sp³-hybridized carbons (Fsp3) is 0.300. The zero-order valence-corrected chi connectivity index (χ0v) is 13.6. The first-order valence-corrected chi connectivity index (χ1v) is 8.24. The van der Waals surface area contributed by atoms with Crippen LogP contribution in [0.2, 0.25) is 5.02 Å². The zero-order valence-electron chi connectivity index (χ0n) is 12.9. The summed E-state index contributed by atoms with van der Waals surface area (Å²) in [6.07, 6.45) is 8.70. The highest BCUT2D eigenvalue weighted by Gasteiger charge is 1.95. The van der Waals surface area contributed by atoms with Gasteiger partial charge in [-0.05, 0) is 42.9 Å². The molecule has 0 heterocycles. The van der Waals surface area contributed by atoms with Crippen LogP contribution in [0.1, 0.15) is 30.4 Å². The molecular weight excluding hydrogens is 292 g/mol. The molecule has 0 unspecified atom stereocenters. The van der Waals surface area contributed by atoms with Crippen LogP contribution in [-0.2, 0) is 17.8 Å². The third kappa shape index (κ3) is 6.46. The second-order valence-electron chi connectivity index (χ2n) is 5.30. The van der Waals surface area contributed by atoms with Gasteiger partial charge in [0.05, 0.1) is 6.61 Å². The summed E-state index contributed by atoms with van der Waals surface area (Å²) in [5.74, 6) is 0. The number of hydrogen-bond acceptors (Lipinski definition) is 1. The lowest BCUT2D eigenvalue weighted by Gasteiger charge is -2.03. The minimum atomic E-state index is 0.711. The van der Waals surface area contributed by atoms with Crippen LogP contribution < -0.4 is 0 Å². The highest BCUT2D eigenvalue weighted by molar-refractivity contribution is 6.31. The van der Waals surface area contributed by atoms with Crippen molar-refractivity contribution in [3.8, 4) is 0 Å². The van der Waals surface area contributed by atoms with Crippen molar-refractivity contribution < 1.29 is 4.74 Å². The van der Waals surface area contributed by atoms with E-state index in [9.17, 15) is 0 Å². The standard InChI is InChI=1S/C20H23ClO/c21-20-15-9-8-14-19(20)13-7-2-1-3-10-16-22-17-18-11-5-4-6-12-18/h2,4-9,11-12,14-15H,1,3,10,13,16-17H2/b7-2+. The van der Waals surface area contributed by atoms with E-state index in [0.29, 0.717) is 6.61 Å². The van der Waals surface area contributed by atoms with Crippen LogP contribution in [0.25, 0.3) is 0 Å². The van der Waals surface area contributed by atoms with Gasteiger partial charge in [0, 0.05) is 11.6 Å². The van der Waals surface area contributed by atoms with E-state index in [0.717, 1.165) is 37.3 Å². The molecule has 0 aliphatic heterocycles. The summed E-state index contributed by atoms with van der Waals surface area (Å²) < 4.78 is 5.67. The normalized spacial score (nSPS) is 11.1. The van der Waals surface area contributed by atoms with Gasteiger partial charge in [-0.3, -0.25) is 0 Å². The van der Waals surface area contributed by atoms with Gasteiger partial charge < -0.3 is 4.74 Å². The van der Waals surface area contributed by atoms with Gasteiger partial charge in [-0.25, -0.2) is 0 Å². The molecule has 1 nitrogen and oxygen atoms in total. The van der Waals surface area contributed by atoms with Crippen molar-refractivity contribution in [1.82, 2.24) is 0 Å². The summed E-state index contributed by atoms with van der Waals surface area (Å²) in [5.41, 5.74) is 2.42. The van der Waals surface area contributed by atoms with Crippen LogP contribution in [0.5, 0.6) is 0 Å². The van der Waals surface area contributed by atoms with Crippen LogP contribution in [0.4, 0.5) is 0 Å². The first-order chi connectivity index (χ1) is 10.9. The van der Waals surface area contributed by atoms with Gasteiger partial charge >= 0.3 is 0 Å². The molecule has 0 saturated carbocycles. The molecule has 22 heavy (non-hydrogen) atoms. The summed E-state index contributed by atoms with van der Waals surface area (Å²) in [6.45, 7) is 1.54. The Hall–Kier alpha value is -1.57. The van der Waals surface area contributed by atoms with E-state index in [1.54, 1.807) is 0 Å². The number of rotatable bonds is 9. The average Bonchev–Trinajstić information content (AvgIpc) is 2.56.